The van der Waals surface area contributed by atoms with E-state index in [2.05, 4.69) is 57.2 Å². The maximum atomic E-state index is 14.3. The van der Waals surface area contributed by atoms with Crippen LogP contribution >= 0.6 is 0 Å². The van der Waals surface area contributed by atoms with Gasteiger partial charge in [0.25, 0.3) is 0 Å². The summed E-state index contributed by atoms with van der Waals surface area (Å²) in [7, 11) is 0. The molecule has 1 fully saturated rings. The van der Waals surface area contributed by atoms with Gasteiger partial charge in [-0.05, 0) is 64.7 Å². The Kier molecular flexibility index (Phi) is 32.2. The number of aliphatic hydroxyl groups excluding tert-OH is 2. The maximum Gasteiger partial charge on any atom is 0.323 e. The number of aromatic nitrogens is 2. The van der Waals surface area contributed by atoms with Crippen LogP contribution in [0.4, 0.5) is 0 Å². The van der Waals surface area contributed by atoms with Crippen molar-refractivity contribution in [3.8, 4) is 0 Å². The van der Waals surface area contributed by atoms with Gasteiger partial charge in [0.2, 0.25) is 53.2 Å². The van der Waals surface area contributed by atoms with Crippen LogP contribution in [0.3, 0.4) is 0 Å². The number of guanidine groups is 2. The summed E-state index contributed by atoms with van der Waals surface area (Å²) in [6.07, 6.45) is 6.02. The number of nitrogens with one attached hydrogen (secondary N) is 8. The van der Waals surface area contributed by atoms with E-state index in [9.17, 15) is 63.3 Å². The van der Waals surface area contributed by atoms with Crippen molar-refractivity contribution in [1.82, 2.24) is 57.0 Å². The molecule has 0 aromatic carbocycles. The van der Waals surface area contributed by atoms with Crippen molar-refractivity contribution in [2.45, 2.75) is 180 Å². The second-order valence-corrected chi connectivity index (χ2v) is 21.0. The van der Waals surface area contributed by atoms with Crippen molar-refractivity contribution in [2.24, 2.45) is 50.5 Å². The zero-order chi connectivity index (χ0) is 62.3. The predicted molar refractivity (Wildman–Crippen MR) is 305 cm³/mol. The number of nitrogens with two attached hydrogens (primary N) is 5. The lowest BCUT2D eigenvalue weighted by Gasteiger charge is -2.31. The van der Waals surface area contributed by atoms with Gasteiger partial charge in [-0.3, -0.25) is 57.9 Å². The van der Waals surface area contributed by atoms with Crippen LogP contribution in [-0.4, -0.2) is 206 Å². The largest absolute Gasteiger partial charge is 0.480 e. The number of rotatable bonds is 38. The van der Waals surface area contributed by atoms with Crippen LogP contribution in [0.5, 0.6) is 0 Å². The molecular formula is C52H92N18O13. The van der Waals surface area contributed by atoms with Gasteiger partial charge < -0.3 is 96.0 Å². The van der Waals surface area contributed by atoms with Crippen molar-refractivity contribution in [3.05, 3.63) is 18.2 Å². The van der Waals surface area contributed by atoms with Gasteiger partial charge in [-0.2, -0.15) is 0 Å². The number of carboxylic acids is 1. The number of nitrogens with zero attached hydrogens (tertiary/aromatic N) is 5. The molecule has 0 spiro atoms. The normalized spacial score (nSPS) is 16.0. The number of unbranched alkanes of at least 4 members (excludes halogenated alkanes) is 1. The van der Waals surface area contributed by atoms with E-state index in [0.29, 0.717) is 31.4 Å². The lowest BCUT2D eigenvalue weighted by Crippen LogP contribution is -2.62. The van der Waals surface area contributed by atoms with Gasteiger partial charge >= 0.3 is 5.97 Å². The zero-order valence-corrected chi connectivity index (χ0v) is 48.7. The Bertz CT molecular complexity index is 2320. The summed E-state index contributed by atoms with van der Waals surface area (Å²) in [5.74, 6) is -9.62. The van der Waals surface area contributed by atoms with Crippen LogP contribution in [0.1, 0.15) is 124 Å². The molecule has 31 heteroatoms. The van der Waals surface area contributed by atoms with Gasteiger partial charge in [-0.15, -0.1) is 0 Å². The third-order valence-corrected chi connectivity index (χ3v) is 13.9. The number of aromatic amines is 1. The number of aliphatic carboxylic acids is 1. The summed E-state index contributed by atoms with van der Waals surface area (Å²) in [4.78, 5) is 152. The van der Waals surface area contributed by atoms with E-state index in [1.165, 1.54) is 19.4 Å². The molecule has 1 aliphatic rings. The number of carbonyl (C=O) groups is 10. The van der Waals surface area contributed by atoms with Crippen molar-refractivity contribution >= 4 is 71.1 Å². The summed E-state index contributed by atoms with van der Waals surface area (Å²) >= 11 is 0. The number of aliphatic hydroxyl groups is 2. The monoisotopic (exact) mass is 1180 g/mol. The van der Waals surface area contributed by atoms with Gasteiger partial charge in [0.15, 0.2) is 11.9 Å². The van der Waals surface area contributed by atoms with E-state index in [-0.39, 0.29) is 69.7 Å². The first-order valence-electron chi connectivity index (χ1n) is 28.3. The fraction of sp³-hybridized carbons (Fsp3) is 0.712. The first-order valence-corrected chi connectivity index (χ1v) is 28.3. The summed E-state index contributed by atoms with van der Waals surface area (Å²) in [5, 5.41) is 48.8. The zero-order valence-electron chi connectivity index (χ0n) is 48.7. The van der Waals surface area contributed by atoms with E-state index >= 15 is 0 Å². The smallest absolute Gasteiger partial charge is 0.323 e. The number of carboxylic acid groups (broad SMARTS) is 1. The highest BCUT2D eigenvalue weighted by Gasteiger charge is 2.37. The van der Waals surface area contributed by atoms with Crippen molar-refractivity contribution in [1.29, 1.82) is 0 Å². The highest BCUT2D eigenvalue weighted by molar-refractivity contribution is 5.98. The van der Waals surface area contributed by atoms with Crippen LogP contribution in [-0.2, 0) is 54.4 Å². The van der Waals surface area contributed by atoms with Gasteiger partial charge in [0.1, 0.15) is 42.8 Å². The number of amides is 9. The van der Waals surface area contributed by atoms with E-state index in [4.69, 9.17) is 28.7 Å². The van der Waals surface area contributed by atoms with Crippen LogP contribution < -0.4 is 65.9 Å². The van der Waals surface area contributed by atoms with Crippen molar-refractivity contribution in [3.63, 3.8) is 0 Å². The minimum atomic E-state index is -1.83. The number of carbonyl (C=O) groups excluding carboxylic acids is 9. The van der Waals surface area contributed by atoms with Gasteiger partial charge in [-0.25, -0.2) is 4.98 Å². The lowest BCUT2D eigenvalue weighted by molar-refractivity contribution is -0.147. The van der Waals surface area contributed by atoms with E-state index in [0.717, 1.165) is 55.8 Å². The van der Waals surface area contributed by atoms with Crippen LogP contribution in [0.2, 0.25) is 0 Å². The molecule has 0 aliphatic heterocycles. The molecule has 1 aliphatic carbocycles. The Balaban J connectivity index is 2.32. The second-order valence-electron chi connectivity index (χ2n) is 21.0. The average molecular weight is 1180 g/mol. The highest BCUT2D eigenvalue weighted by Crippen LogP contribution is 2.27. The number of H-pyrrole nitrogens is 1. The average Bonchev–Trinajstić information content (AvgIpc) is 4.00. The molecule has 1 aromatic heterocycles. The molecule has 10 atom stereocenters. The third kappa shape index (κ3) is 26.9. The highest BCUT2D eigenvalue weighted by atomic mass is 16.4. The molecule has 83 heavy (non-hydrogen) atoms. The summed E-state index contributed by atoms with van der Waals surface area (Å²) < 4.78 is 0. The molecule has 31 nitrogen and oxygen atoms in total. The second kappa shape index (κ2) is 37.4. The van der Waals surface area contributed by atoms with E-state index < -0.39 is 139 Å². The Morgan fingerprint density at radius 1 is 0.687 bits per heavy atom. The standard InChI is InChI=1S/C52H92N18O13/c1-7-9-20-70(27-40(75)76)50(83)41(29(3)8-2)66-38(73)26-69(21-14-19-60-52(56)57)39(74)25-61-48(81)42(31(5)71)68-49(82)43(32(6)72)67-47(80)37(23-34-24-58-28-62-34)65-46(79)36(22-33-15-11-10-12-16-33)64-44(77)30(4)63-45(78)35(53)17-13-18-59-51(54)55/h24,28-33,35-37,41-43,71-72H,7-23,25-27,53H2,1-6H3,(H,58,62)(H,61,81)(H,63,78)(H,64,77)(H,65,79)(H,66,73)(H,67,80)(H,68,82)(H,75,76)(H4,54,55,59)(H4,56,57,60)/t29?,30-,31+,32+,35-,36-,37-,41-,42-,43-/m0/s1. The number of aliphatic imine (C=N–C) groups is 2. The Labute approximate surface area is 484 Å². The van der Waals surface area contributed by atoms with Gasteiger partial charge in [0, 0.05) is 44.5 Å². The molecule has 468 valence electrons. The van der Waals surface area contributed by atoms with Crippen LogP contribution in [0.15, 0.2) is 22.5 Å². The predicted octanol–water partition coefficient (Wildman–Crippen LogP) is -4.64. The topological polar surface area (TPSA) is 506 Å². The van der Waals surface area contributed by atoms with Crippen LogP contribution in [0, 0.1) is 11.8 Å². The molecular weight excluding hydrogens is 1080 g/mol. The summed E-state index contributed by atoms with van der Waals surface area (Å²) in [6, 6.07) is -9.63. The first-order chi connectivity index (χ1) is 39.2. The molecule has 21 N–H and O–H groups in total. The molecule has 0 bridgehead atoms. The molecule has 1 unspecified atom stereocenters. The number of imidazole rings is 1. The molecule has 0 saturated heterocycles. The molecule has 0 radical (unpaired) electrons. The fourth-order valence-corrected chi connectivity index (χ4v) is 8.92. The third-order valence-electron chi connectivity index (χ3n) is 13.9. The van der Waals surface area contributed by atoms with Crippen molar-refractivity contribution < 1.29 is 63.3 Å². The molecule has 9 amide bonds. The van der Waals surface area contributed by atoms with E-state index in [1.807, 2.05) is 6.92 Å². The summed E-state index contributed by atoms with van der Waals surface area (Å²) in [5.41, 5.74) is 28.0. The molecule has 1 saturated carbocycles. The molecule has 2 rings (SSSR count). The number of hydrogen-bond acceptors (Lipinski definition) is 16. The van der Waals surface area contributed by atoms with Gasteiger partial charge in [-0.1, -0.05) is 65.7 Å². The molecule has 1 aromatic rings. The molecule has 1 heterocycles. The fourth-order valence-electron chi connectivity index (χ4n) is 8.92. The maximum absolute atomic E-state index is 14.3. The SMILES string of the molecule is CCCCN(CC(=O)O)C(=O)[C@@H](NC(=O)CN(CCCN=C(N)N)C(=O)CNC(=O)[C@@H](NC(=O)[C@@H](NC(=O)[C@H](Cc1cnc[nH]1)NC(=O)[C@H](CC1CCCCC1)NC(=O)[C@H](C)NC(=O)[C@@H](N)CCCN=C(N)N)[C@@H](C)O)[C@@H](C)O)C(C)CC. The Morgan fingerprint density at radius 3 is 1.83 bits per heavy atom. The Morgan fingerprint density at radius 2 is 1.27 bits per heavy atom. The quantitative estimate of drug-likeness (QED) is 0.0168. The minimum Gasteiger partial charge on any atom is -0.480 e. The minimum absolute atomic E-state index is 0.0166. The first kappa shape index (κ1) is 71.4. The van der Waals surface area contributed by atoms with E-state index in [1.54, 1.807) is 13.8 Å². The van der Waals surface area contributed by atoms with Gasteiger partial charge in [0.05, 0.1) is 37.7 Å². The number of hydrogen-bond donors (Lipinski definition) is 16. The summed E-state index contributed by atoms with van der Waals surface area (Å²) in [6.45, 7) is 7.36. The lowest BCUT2D eigenvalue weighted by atomic mass is 9.84. The van der Waals surface area contributed by atoms with Crippen LogP contribution in [0.25, 0.3) is 0 Å². The van der Waals surface area contributed by atoms with Crippen molar-refractivity contribution in [2.75, 3.05) is 45.8 Å². The Hall–Kier alpha value is -7.67.